The number of halogens is 1. The lowest BCUT2D eigenvalue weighted by atomic mass is 10.1. The molecule has 0 aliphatic rings. The van der Waals surface area contributed by atoms with E-state index in [0.717, 1.165) is 15.5 Å². The Morgan fingerprint density at radius 2 is 2.00 bits per heavy atom. The Labute approximate surface area is 78.3 Å². The first kappa shape index (κ1) is 7.73. The Morgan fingerprint density at radius 1 is 1.25 bits per heavy atom. The highest BCUT2D eigenvalue weighted by molar-refractivity contribution is 9.10. The minimum absolute atomic E-state index is 0.907. The predicted molar refractivity (Wildman–Crippen MR) is 51.1 cm³/mol. The maximum Gasteiger partial charge on any atom is 0.116 e. The summed E-state index contributed by atoms with van der Waals surface area (Å²) in [5.74, 6) is 0. The van der Waals surface area contributed by atoms with E-state index in [1.165, 1.54) is 11.1 Å². The zero-order valence-electron chi connectivity index (χ0n) is 6.85. The quantitative estimate of drug-likeness (QED) is 0.748. The lowest BCUT2D eigenvalue weighted by Crippen LogP contribution is -1.84. The third-order valence-electron chi connectivity index (χ3n) is 2.11. The Balaban J connectivity index is 2.94. The summed E-state index contributed by atoms with van der Waals surface area (Å²) in [5, 5.41) is 10.7. The van der Waals surface area contributed by atoms with Crippen LogP contribution in [-0.2, 0) is 0 Å². The molecule has 0 spiro atoms. The van der Waals surface area contributed by atoms with E-state index in [9.17, 15) is 0 Å². The van der Waals surface area contributed by atoms with Gasteiger partial charge in [-0.15, -0.1) is 0 Å². The topological polar surface area (TPSA) is 41.6 Å². The number of aromatic nitrogens is 3. The molecule has 1 heterocycles. The normalized spacial score (nSPS) is 10.9. The van der Waals surface area contributed by atoms with Gasteiger partial charge in [0.15, 0.2) is 0 Å². The third kappa shape index (κ3) is 0.948. The van der Waals surface area contributed by atoms with E-state index in [1.807, 2.05) is 13.0 Å². The van der Waals surface area contributed by atoms with Crippen LogP contribution in [0.3, 0.4) is 0 Å². The first-order valence-electron chi connectivity index (χ1n) is 3.66. The lowest BCUT2D eigenvalue weighted by molar-refractivity contribution is 0.958. The summed E-state index contributed by atoms with van der Waals surface area (Å²) in [6.45, 7) is 4.11. The minimum atomic E-state index is 0.907. The number of rotatable bonds is 0. The van der Waals surface area contributed by atoms with Crippen LogP contribution < -0.4 is 0 Å². The molecule has 1 aromatic heterocycles. The number of nitrogens with zero attached hydrogens (tertiary/aromatic N) is 2. The summed E-state index contributed by atoms with van der Waals surface area (Å²) >= 11 is 3.47. The van der Waals surface area contributed by atoms with Crippen molar-refractivity contribution in [3.8, 4) is 0 Å². The number of hydrogen-bond donors (Lipinski definition) is 1. The van der Waals surface area contributed by atoms with Crippen molar-refractivity contribution in [2.75, 3.05) is 0 Å². The van der Waals surface area contributed by atoms with Crippen LogP contribution in [0.4, 0.5) is 0 Å². The smallest absolute Gasteiger partial charge is 0.116 e. The van der Waals surface area contributed by atoms with Gasteiger partial charge in [-0.1, -0.05) is 15.9 Å². The average Bonchev–Trinajstić information content (AvgIpc) is 2.48. The SMILES string of the molecule is Cc1c(Br)cc2n[nH]nc2c1C. The number of benzene rings is 1. The molecule has 1 N–H and O–H groups in total. The van der Waals surface area contributed by atoms with Crippen molar-refractivity contribution in [2.24, 2.45) is 0 Å². The highest BCUT2D eigenvalue weighted by atomic mass is 79.9. The van der Waals surface area contributed by atoms with Crippen molar-refractivity contribution >= 4 is 27.0 Å². The number of H-pyrrole nitrogens is 1. The lowest BCUT2D eigenvalue weighted by Gasteiger charge is -2.01. The summed E-state index contributed by atoms with van der Waals surface area (Å²) in [6, 6.07) is 1.97. The summed E-state index contributed by atoms with van der Waals surface area (Å²) in [5.41, 5.74) is 4.25. The second kappa shape index (κ2) is 2.55. The van der Waals surface area contributed by atoms with Gasteiger partial charge in [-0.05, 0) is 31.0 Å². The molecule has 1 aromatic carbocycles. The molecule has 0 aliphatic carbocycles. The zero-order chi connectivity index (χ0) is 8.72. The third-order valence-corrected chi connectivity index (χ3v) is 2.94. The van der Waals surface area contributed by atoms with Crippen molar-refractivity contribution in [3.05, 3.63) is 21.7 Å². The molecule has 0 atom stereocenters. The Morgan fingerprint density at radius 3 is 2.75 bits per heavy atom. The van der Waals surface area contributed by atoms with E-state index >= 15 is 0 Å². The van der Waals surface area contributed by atoms with Crippen LogP contribution in [-0.4, -0.2) is 15.4 Å². The summed E-state index contributed by atoms with van der Waals surface area (Å²) < 4.78 is 1.08. The van der Waals surface area contributed by atoms with E-state index in [-0.39, 0.29) is 0 Å². The fraction of sp³-hybridized carbons (Fsp3) is 0.250. The number of aromatic amines is 1. The molecule has 4 heteroatoms. The van der Waals surface area contributed by atoms with Gasteiger partial charge in [0.1, 0.15) is 11.0 Å². The predicted octanol–water partition coefficient (Wildman–Crippen LogP) is 2.34. The van der Waals surface area contributed by atoms with Gasteiger partial charge in [-0.3, -0.25) is 0 Å². The molecule has 2 rings (SSSR count). The first-order valence-corrected chi connectivity index (χ1v) is 4.45. The molecule has 0 aliphatic heterocycles. The van der Waals surface area contributed by atoms with Crippen molar-refractivity contribution in [1.29, 1.82) is 0 Å². The van der Waals surface area contributed by atoms with Crippen LogP contribution in [0.15, 0.2) is 10.5 Å². The van der Waals surface area contributed by atoms with Gasteiger partial charge in [0, 0.05) is 4.47 Å². The number of hydrogen-bond acceptors (Lipinski definition) is 2. The Hall–Kier alpha value is -0.900. The first-order chi connectivity index (χ1) is 5.70. The van der Waals surface area contributed by atoms with Gasteiger partial charge in [0.25, 0.3) is 0 Å². The standard InChI is InChI=1S/C8H8BrN3/c1-4-5(2)8-7(3-6(4)9)10-12-11-8/h3H,1-2H3,(H,10,11,12). The van der Waals surface area contributed by atoms with Crippen molar-refractivity contribution in [2.45, 2.75) is 13.8 Å². The van der Waals surface area contributed by atoms with Gasteiger partial charge in [0.2, 0.25) is 0 Å². The van der Waals surface area contributed by atoms with Gasteiger partial charge in [-0.25, -0.2) is 0 Å². The van der Waals surface area contributed by atoms with Crippen molar-refractivity contribution in [1.82, 2.24) is 15.4 Å². The maximum absolute atomic E-state index is 4.06. The fourth-order valence-electron chi connectivity index (χ4n) is 1.20. The monoisotopic (exact) mass is 225 g/mol. The molecule has 2 aromatic rings. The second-order valence-electron chi connectivity index (χ2n) is 2.80. The van der Waals surface area contributed by atoms with Crippen molar-refractivity contribution in [3.63, 3.8) is 0 Å². The average molecular weight is 226 g/mol. The molecule has 12 heavy (non-hydrogen) atoms. The van der Waals surface area contributed by atoms with Crippen LogP contribution in [0.2, 0.25) is 0 Å². The van der Waals surface area contributed by atoms with Crippen LogP contribution in [0.25, 0.3) is 11.0 Å². The largest absolute Gasteiger partial charge is 0.197 e. The van der Waals surface area contributed by atoms with E-state index in [1.54, 1.807) is 0 Å². The molecule has 0 amide bonds. The molecule has 0 saturated carbocycles. The minimum Gasteiger partial charge on any atom is -0.197 e. The highest BCUT2D eigenvalue weighted by Crippen LogP contribution is 2.25. The molecular formula is C8H8BrN3. The summed E-state index contributed by atoms with van der Waals surface area (Å²) in [4.78, 5) is 0. The van der Waals surface area contributed by atoms with Gasteiger partial charge < -0.3 is 0 Å². The van der Waals surface area contributed by atoms with Crippen LogP contribution in [0.1, 0.15) is 11.1 Å². The van der Waals surface area contributed by atoms with E-state index in [0.29, 0.717) is 0 Å². The number of nitrogens with one attached hydrogen (secondary N) is 1. The fourth-order valence-corrected chi connectivity index (χ4v) is 1.71. The maximum atomic E-state index is 4.06. The Bertz CT molecular complexity index is 433. The van der Waals surface area contributed by atoms with E-state index in [4.69, 9.17) is 0 Å². The Kier molecular flexibility index (Phi) is 1.65. The second-order valence-corrected chi connectivity index (χ2v) is 3.65. The molecule has 0 saturated heterocycles. The van der Waals surface area contributed by atoms with Crippen LogP contribution >= 0.6 is 15.9 Å². The van der Waals surface area contributed by atoms with Crippen LogP contribution in [0, 0.1) is 13.8 Å². The number of aryl methyl sites for hydroxylation is 1. The zero-order valence-corrected chi connectivity index (χ0v) is 8.44. The van der Waals surface area contributed by atoms with Crippen LogP contribution in [0.5, 0.6) is 0 Å². The molecule has 0 bridgehead atoms. The van der Waals surface area contributed by atoms with E-state index in [2.05, 4.69) is 38.3 Å². The van der Waals surface area contributed by atoms with Gasteiger partial charge >= 0.3 is 0 Å². The summed E-state index contributed by atoms with van der Waals surface area (Å²) in [6.07, 6.45) is 0. The summed E-state index contributed by atoms with van der Waals surface area (Å²) in [7, 11) is 0. The highest BCUT2D eigenvalue weighted by Gasteiger charge is 2.07. The van der Waals surface area contributed by atoms with Crippen molar-refractivity contribution < 1.29 is 0 Å². The number of fused-ring (bicyclic) bond motifs is 1. The molecule has 0 radical (unpaired) electrons. The molecule has 62 valence electrons. The molecule has 3 nitrogen and oxygen atoms in total. The van der Waals surface area contributed by atoms with E-state index < -0.39 is 0 Å². The van der Waals surface area contributed by atoms with Gasteiger partial charge in [0.05, 0.1) is 0 Å². The molecular weight excluding hydrogens is 218 g/mol. The molecule has 0 fully saturated rings. The van der Waals surface area contributed by atoms with Gasteiger partial charge in [-0.2, -0.15) is 15.4 Å². The molecule has 0 unspecified atom stereocenters.